The molecule has 0 fully saturated rings. The predicted octanol–water partition coefficient (Wildman–Crippen LogP) is 1.08. The summed E-state index contributed by atoms with van der Waals surface area (Å²) in [6, 6.07) is 0. The molecule has 0 aliphatic rings. The first-order chi connectivity index (χ1) is 5.18. The summed E-state index contributed by atoms with van der Waals surface area (Å²) < 4.78 is 2.97. The molecule has 0 aromatic carbocycles. The van der Waals surface area contributed by atoms with Crippen molar-refractivity contribution in [2.75, 3.05) is 10.3 Å². The number of carbonyl (C=O) groups is 1. The van der Waals surface area contributed by atoms with E-state index in [1.807, 2.05) is 0 Å². The third-order valence-electron chi connectivity index (χ3n) is 1.94. The third kappa shape index (κ3) is 5.09. The fourth-order valence-electron chi connectivity index (χ4n) is 0.976. The SMILES string of the molecule is [CH3][Sn]([CH2]S)([CH2]C=O)[CH2]CCN. The summed E-state index contributed by atoms with van der Waals surface area (Å²) in [4.78, 5) is 12.6. The Labute approximate surface area is 78.2 Å². The van der Waals surface area contributed by atoms with Crippen LogP contribution in [0.5, 0.6) is 0 Å². The number of hydrogen-bond acceptors (Lipinski definition) is 3. The summed E-state index contributed by atoms with van der Waals surface area (Å²) in [5.74, 6) is 0. The maximum absolute atomic E-state index is 10.3. The van der Waals surface area contributed by atoms with E-state index in [9.17, 15) is 4.79 Å². The quantitative estimate of drug-likeness (QED) is 0.435. The van der Waals surface area contributed by atoms with Crippen LogP contribution in [0, 0.1) is 0 Å². The normalized spacial score (nSPS) is 15.9. The molecular weight excluding hydrogens is 265 g/mol. The van der Waals surface area contributed by atoms with Crippen molar-refractivity contribution in [1.29, 1.82) is 0 Å². The van der Waals surface area contributed by atoms with Gasteiger partial charge in [0.2, 0.25) is 0 Å². The Bertz CT molecular complexity index is 123. The number of nitrogens with two attached hydrogens (primary N) is 1. The summed E-state index contributed by atoms with van der Waals surface area (Å²) in [6.45, 7) is 0.749. The Morgan fingerprint density at radius 2 is 2.27 bits per heavy atom. The van der Waals surface area contributed by atoms with Gasteiger partial charge in [0.05, 0.1) is 0 Å². The molecular formula is C7H17NOSSn. The second kappa shape index (κ2) is 6.31. The second-order valence-electron chi connectivity index (χ2n) is 3.23. The van der Waals surface area contributed by atoms with Gasteiger partial charge in [-0.1, -0.05) is 0 Å². The summed E-state index contributed by atoms with van der Waals surface area (Å²) in [5.41, 5.74) is 5.41. The molecule has 0 aromatic heterocycles. The van der Waals surface area contributed by atoms with Crippen LogP contribution in [0.1, 0.15) is 6.42 Å². The first kappa shape index (κ1) is 11.8. The van der Waals surface area contributed by atoms with E-state index in [0.29, 0.717) is 0 Å². The molecule has 0 heterocycles. The molecule has 11 heavy (non-hydrogen) atoms. The van der Waals surface area contributed by atoms with Gasteiger partial charge in [0, 0.05) is 0 Å². The molecule has 0 aromatic rings. The van der Waals surface area contributed by atoms with Crippen LogP contribution in [-0.2, 0) is 4.79 Å². The molecule has 66 valence electrons. The Balaban J connectivity index is 3.77. The van der Waals surface area contributed by atoms with E-state index >= 15 is 0 Å². The van der Waals surface area contributed by atoms with Gasteiger partial charge in [-0.15, -0.1) is 0 Å². The van der Waals surface area contributed by atoms with Crippen molar-refractivity contribution in [2.24, 2.45) is 5.73 Å². The fourth-order valence-corrected chi connectivity index (χ4v) is 8.47. The molecule has 0 saturated carbocycles. The summed E-state index contributed by atoms with van der Waals surface area (Å²) in [5, 5.41) is 0. The zero-order valence-electron chi connectivity index (χ0n) is 7.05. The average molecular weight is 282 g/mol. The molecule has 0 rings (SSSR count). The summed E-state index contributed by atoms with van der Waals surface area (Å²) >= 11 is 2.26. The molecule has 0 radical (unpaired) electrons. The van der Waals surface area contributed by atoms with Gasteiger partial charge in [-0.25, -0.2) is 0 Å². The first-order valence-electron chi connectivity index (χ1n) is 3.93. The van der Waals surface area contributed by atoms with E-state index in [2.05, 4.69) is 17.6 Å². The number of aldehydes is 1. The van der Waals surface area contributed by atoms with Gasteiger partial charge >= 0.3 is 78.4 Å². The standard InChI is InChI=1S/C3H8N.C2H3O.CH3S.CH3.Sn/c1-2-3-4;1-2-3;1-2;;/h1-4H2;2H,1H2;2H,1H2;1H3;. The molecule has 0 aliphatic heterocycles. The number of thiol groups is 1. The Hall–Kier alpha value is 0.779. The molecule has 1 unspecified atom stereocenters. The molecule has 0 saturated heterocycles. The van der Waals surface area contributed by atoms with E-state index in [0.717, 1.165) is 27.5 Å². The molecule has 1 atom stereocenters. The van der Waals surface area contributed by atoms with E-state index in [4.69, 9.17) is 5.73 Å². The number of rotatable bonds is 6. The van der Waals surface area contributed by atoms with E-state index < -0.39 is 18.4 Å². The average Bonchev–Trinajstić information content (AvgIpc) is 2.02. The van der Waals surface area contributed by atoms with Crippen molar-refractivity contribution in [1.82, 2.24) is 0 Å². The van der Waals surface area contributed by atoms with E-state index in [1.54, 1.807) is 0 Å². The van der Waals surface area contributed by atoms with Gasteiger partial charge < -0.3 is 0 Å². The van der Waals surface area contributed by atoms with Gasteiger partial charge in [-0.3, -0.25) is 0 Å². The summed E-state index contributed by atoms with van der Waals surface area (Å²) in [6.07, 6.45) is 2.13. The third-order valence-corrected chi connectivity index (χ3v) is 17.0. The predicted molar refractivity (Wildman–Crippen MR) is 54.8 cm³/mol. The molecule has 0 amide bonds. The minimum atomic E-state index is -2.04. The molecule has 4 heteroatoms. The van der Waals surface area contributed by atoms with Gasteiger partial charge in [-0.2, -0.15) is 0 Å². The van der Waals surface area contributed by atoms with Crippen molar-refractivity contribution in [3.05, 3.63) is 0 Å². The van der Waals surface area contributed by atoms with Crippen LogP contribution in [0.2, 0.25) is 13.8 Å². The van der Waals surface area contributed by atoms with Crippen molar-refractivity contribution in [3.63, 3.8) is 0 Å². The zero-order valence-corrected chi connectivity index (χ0v) is 10.8. The number of hydrogen-bond donors (Lipinski definition) is 2. The second-order valence-corrected chi connectivity index (χ2v) is 19.2. The number of carbonyl (C=O) groups excluding carboxylic acids is 1. The Morgan fingerprint density at radius 1 is 1.64 bits per heavy atom. The van der Waals surface area contributed by atoms with Crippen molar-refractivity contribution >= 4 is 37.3 Å². The van der Waals surface area contributed by atoms with Gasteiger partial charge in [0.1, 0.15) is 0 Å². The molecule has 2 nitrogen and oxygen atoms in total. The van der Waals surface area contributed by atoms with Crippen molar-refractivity contribution in [3.8, 4) is 0 Å². The maximum atomic E-state index is 10.3. The van der Waals surface area contributed by atoms with Crippen LogP contribution in [-0.4, -0.2) is 35.0 Å². The van der Waals surface area contributed by atoms with Crippen molar-refractivity contribution in [2.45, 2.75) is 20.2 Å². The Kier molecular flexibility index (Phi) is 6.76. The van der Waals surface area contributed by atoms with Crippen LogP contribution < -0.4 is 5.73 Å². The zero-order chi connectivity index (χ0) is 8.74. The monoisotopic (exact) mass is 283 g/mol. The van der Waals surface area contributed by atoms with Gasteiger partial charge in [-0.05, 0) is 0 Å². The van der Waals surface area contributed by atoms with E-state index in [1.165, 1.54) is 4.44 Å². The fraction of sp³-hybridized carbons (Fsp3) is 0.857. The van der Waals surface area contributed by atoms with Crippen LogP contribution in [0.3, 0.4) is 0 Å². The van der Waals surface area contributed by atoms with Crippen LogP contribution >= 0.6 is 12.6 Å². The molecule has 0 spiro atoms. The molecule has 0 bridgehead atoms. The molecule has 2 N–H and O–H groups in total. The van der Waals surface area contributed by atoms with Crippen molar-refractivity contribution < 1.29 is 4.79 Å². The van der Waals surface area contributed by atoms with Gasteiger partial charge in [0.15, 0.2) is 0 Å². The van der Waals surface area contributed by atoms with Crippen LogP contribution in [0.4, 0.5) is 0 Å². The first-order valence-corrected chi connectivity index (χ1v) is 13.5. The molecule has 0 aliphatic carbocycles. The Morgan fingerprint density at radius 3 is 2.64 bits per heavy atom. The minimum absolute atomic E-state index is 0.749. The van der Waals surface area contributed by atoms with Crippen LogP contribution in [0.15, 0.2) is 0 Å². The summed E-state index contributed by atoms with van der Waals surface area (Å²) in [7, 11) is 0. The van der Waals surface area contributed by atoms with E-state index in [-0.39, 0.29) is 0 Å². The van der Waals surface area contributed by atoms with Gasteiger partial charge in [0.25, 0.3) is 0 Å². The topological polar surface area (TPSA) is 43.1 Å². The van der Waals surface area contributed by atoms with Crippen LogP contribution in [0.25, 0.3) is 0 Å².